The Kier molecular flexibility index (Phi) is 5.78. The Morgan fingerprint density at radius 2 is 1.69 bits per heavy atom. The number of rotatable bonds is 3. The van der Waals surface area contributed by atoms with Crippen molar-refractivity contribution in [2.24, 2.45) is 10.8 Å². The Hall–Kier alpha value is -3.71. The summed E-state index contributed by atoms with van der Waals surface area (Å²) in [6.07, 6.45) is 0.138. The number of ketones is 3. The van der Waals surface area contributed by atoms with Gasteiger partial charge in [0.25, 0.3) is 0 Å². The lowest BCUT2D eigenvalue weighted by molar-refractivity contribution is -0.159. The first kappa shape index (κ1) is 26.9. The Balaban J connectivity index is 1.80. The molecule has 0 fully saturated rings. The fraction of sp³-hybridized carbons (Fsp3) is 0.406. The Morgan fingerprint density at radius 1 is 1.03 bits per heavy atom. The summed E-state index contributed by atoms with van der Waals surface area (Å²) in [5.41, 5.74) is -1.86. The third-order valence-electron chi connectivity index (χ3n) is 9.00. The summed E-state index contributed by atoms with van der Waals surface area (Å²) in [6.45, 7) is 10.4. The van der Waals surface area contributed by atoms with Crippen molar-refractivity contribution in [1.29, 1.82) is 0 Å². The van der Waals surface area contributed by atoms with Crippen LogP contribution in [0.3, 0.4) is 0 Å². The number of allylic oxidation sites excluding steroid dienone is 2. The molecule has 3 atom stereocenters. The second-order valence-corrected chi connectivity index (χ2v) is 12.4. The number of aromatic hydroxyl groups is 1. The van der Waals surface area contributed by atoms with Gasteiger partial charge in [-0.3, -0.25) is 14.4 Å². The molecule has 3 aliphatic carbocycles. The second-order valence-electron chi connectivity index (χ2n) is 12.4. The number of carbonyl (C=O) groups is 3. The summed E-state index contributed by atoms with van der Waals surface area (Å²) >= 11 is 0. The standard InChI is InChI=1S/C32H34O7/c1-15(2)19-11-20(18-9-7-8-16(3)10-18)26(35)24-21(19)12-30(5)14-31(6)13-22(34)23(17(4)33)28(37)32(31,39)29(38)25(30)27(24)36/h7-11,15,34-35,38-39H,12-14H2,1-6H3/t30-,31+,32+/m1/s1. The molecule has 4 N–H and O–H groups in total. The van der Waals surface area contributed by atoms with Gasteiger partial charge in [0.2, 0.25) is 5.78 Å². The number of phenols is 1. The van der Waals surface area contributed by atoms with Crippen molar-refractivity contribution in [3.05, 3.63) is 75.3 Å². The Labute approximate surface area is 227 Å². The van der Waals surface area contributed by atoms with Gasteiger partial charge in [-0.25, -0.2) is 0 Å². The van der Waals surface area contributed by atoms with Crippen LogP contribution in [-0.2, 0) is 16.0 Å². The van der Waals surface area contributed by atoms with Gasteiger partial charge in [-0.15, -0.1) is 0 Å². The predicted octanol–water partition coefficient (Wildman–Crippen LogP) is 5.56. The van der Waals surface area contributed by atoms with Crippen molar-refractivity contribution >= 4 is 17.3 Å². The molecule has 2 aromatic rings. The quantitative estimate of drug-likeness (QED) is 0.382. The van der Waals surface area contributed by atoms with E-state index >= 15 is 0 Å². The number of phenolic OH excluding ortho intramolecular Hbond substituents is 1. The van der Waals surface area contributed by atoms with Gasteiger partial charge in [-0.1, -0.05) is 57.5 Å². The van der Waals surface area contributed by atoms with Gasteiger partial charge in [0.15, 0.2) is 17.2 Å². The van der Waals surface area contributed by atoms with Crippen molar-refractivity contribution < 1.29 is 34.8 Å². The van der Waals surface area contributed by atoms with E-state index in [9.17, 15) is 34.8 Å². The van der Waals surface area contributed by atoms with Crippen LogP contribution in [0.5, 0.6) is 5.75 Å². The lowest BCUT2D eigenvalue weighted by Gasteiger charge is -2.56. The van der Waals surface area contributed by atoms with Crippen molar-refractivity contribution in [2.45, 2.75) is 72.3 Å². The van der Waals surface area contributed by atoms with Crippen molar-refractivity contribution in [1.82, 2.24) is 0 Å². The molecule has 0 saturated heterocycles. The van der Waals surface area contributed by atoms with Crippen LogP contribution in [0, 0.1) is 17.8 Å². The van der Waals surface area contributed by atoms with Crippen molar-refractivity contribution in [2.75, 3.05) is 0 Å². The molecule has 7 heteroatoms. The number of hydrogen-bond donors (Lipinski definition) is 4. The van der Waals surface area contributed by atoms with Gasteiger partial charge in [-0.05, 0) is 55.4 Å². The molecule has 39 heavy (non-hydrogen) atoms. The van der Waals surface area contributed by atoms with E-state index in [-0.39, 0.29) is 42.1 Å². The minimum Gasteiger partial charge on any atom is -0.511 e. The van der Waals surface area contributed by atoms with Crippen molar-refractivity contribution in [3.8, 4) is 16.9 Å². The number of benzene rings is 2. The van der Waals surface area contributed by atoms with Gasteiger partial charge in [0.1, 0.15) is 22.8 Å². The van der Waals surface area contributed by atoms with Gasteiger partial charge < -0.3 is 20.4 Å². The van der Waals surface area contributed by atoms with E-state index in [1.54, 1.807) is 13.8 Å². The largest absolute Gasteiger partial charge is 0.511 e. The van der Waals surface area contributed by atoms with Crippen LogP contribution in [0.2, 0.25) is 0 Å². The molecule has 0 saturated carbocycles. The van der Waals surface area contributed by atoms with E-state index in [1.165, 1.54) is 0 Å². The number of aliphatic hydroxyl groups excluding tert-OH is 2. The molecule has 0 aromatic heterocycles. The van der Waals surface area contributed by atoms with E-state index in [1.807, 2.05) is 51.1 Å². The Bertz CT molecular complexity index is 1560. The average Bonchev–Trinajstić information content (AvgIpc) is 2.80. The predicted molar refractivity (Wildman–Crippen MR) is 146 cm³/mol. The zero-order valence-corrected chi connectivity index (χ0v) is 23.1. The number of aliphatic hydroxyl groups is 3. The van der Waals surface area contributed by atoms with Crippen molar-refractivity contribution in [3.63, 3.8) is 0 Å². The molecule has 5 rings (SSSR count). The maximum Gasteiger partial charge on any atom is 0.209 e. The maximum atomic E-state index is 14.3. The summed E-state index contributed by atoms with van der Waals surface area (Å²) in [7, 11) is 0. The number of hydrogen-bond acceptors (Lipinski definition) is 7. The van der Waals surface area contributed by atoms with Crippen LogP contribution in [0.1, 0.15) is 80.4 Å². The third kappa shape index (κ3) is 3.48. The monoisotopic (exact) mass is 530 g/mol. The first-order valence-corrected chi connectivity index (χ1v) is 13.2. The summed E-state index contributed by atoms with van der Waals surface area (Å²) in [4.78, 5) is 40.0. The van der Waals surface area contributed by atoms with Gasteiger partial charge in [0.05, 0.1) is 5.56 Å². The topological polar surface area (TPSA) is 132 Å². The zero-order valence-electron chi connectivity index (χ0n) is 23.1. The highest BCUT2D eigenvalue weighted by Gasteiger charge is 2.67. The molecule has 0 aliphatic heterocycles. The average molecular weight is 531 g/mol. The van der Waals surface area contributed by atoms with E-state index in [4.69, 9.17) is 0 Å². The normalized spacial score (nSPS) is 28.4. The number of aryl methyl sites for hydroxylation is 1. The minimum atomic E-state index is -2.58. The van der Waals surface area contributed by atoms with Crippen LogP contribution in [-0.4, -0.2) is 43.4 Å². The molecule has 0 amide bonds. The maximum absolute atomic E-state index is 14.3. The Morgan fingerprint density at radius 3 is 2.28 bits per heavy atom. The van der Waals surface area contributed by atoms with Crippen LogP contribution in [0.4, 0.5) is 0 Å². The van der Waals surface area contributed by atoms with Crippen LogP contribution >= 0.6 is 0 Å². The lowest BCUT2D eigenvalue weighted by atomic mass is 9.48. The van der Waals surface area contributed by atoms with Gasteiger partial charge in [0, 0.05) is 28.4 Å². The summed E-state index contributed by atoms with van der Waals surface area (Å²) in [5.74, 6) is -3.95. The minimum absolute atomic E-state index is 0.0101. The first-order chi connectivity index (χ1) is 18.1. The lowest BCUT2D eigenvalue weighted by Crippen LogP contribution is -2.63. The summed E-state index contributed by atoms with van der Waals surface area (Å²) < 4.78 is 0. The highest BCUT2D eigenvalue weighted by atomic mass is 16.3. The highest BCUT2D eigenvalue weighted by molar-refractivity contribution is 6.25. The summed E-state index contributed by atoms with van der Waals surface area (Å²) in [6, 6.07) is 9.48. The molecule has 204 valence electrons. The molecular weight excluding hydrogens is 496 g/mol. The third-order valence-corrected chi connectivity index (χ3v) is 9.00. The molecule has 0 heterocycles. The zero-order chi connectivity index (χ0) is 28.8. The van der Waals surface area contributed by atoms with Gasteiger partial charge >= 0.3 is 0 Å². The van der Waals surface area contributed by atoms with E-state index in [2.05, 4.69) is 0 Å². The summed E-state index contributed by atoms with van der Waals surface area (Å²) in [5, 5.41) is 45.6. The molecule has 3 aliphatic rings. The first-order valence-electron chi connectivity index (χ1n) is 13.2. The molecule has 2 aromatic carbocycles. The van der Waals surface area contributed by atoms with Crippen LogP contribution in [0.25, 0.3) is 11.1 Å². The van der Waals surface area contributed by atoms with Crippen LogP contribution in [0.15, 0.2) is 53.0 Å². The van der Waals surface area contributed by atoms with E-state index < -0.39 is 50.9 Å². The molecule has 0 radical (unpaired) electrons. The molecular formula is C32H34O7. The fourth-order valence-corrected chi connectivity index (χ4v) is 7.30. The smallest absolute Gasteiger partial charge is 0.209 e. The van der Waals surface area contributed by atoms with E-state index in [0.717, 1.165) is 23.6 Å². The number of carbonyl (C=O) groups excluding carboxylic acids is 3. The molecule has 7 nitrogen and oxygen atoms in total. The van der Waals surface area contributed by atoms with E-state index in [0.29, 0.717) is 11.1 Å². The molecule has 0 unspecified atom stereocenters. The fourth-order valence-electron chi connectivity index (χ4n) is 7.30. The van der Waals surface area contributed by atoms with Crippen LogP contribution < -0.4 is 0 Å². The molecule has 0 bridgehead atoms. The number of Topliss-reactive ketones (excluding diaryl/α,β-unsaturated/α-hetero) is 3. The molecule has 0 spiro atoms. The number of fused-ring (bicyclic) bond motifs is 3. The SMILES string of the molecule is CC(=O)C1=C(O)C[C@@]2(C)C[C@@]3(C)Cc4c(C(C)C)cc(-c5cccc(C)c5)c(O)c4C(=O)C3=C(O)[C@@]2(O)C1=O. The highest BCUT2D eigenvalue weighted by Crippen LogP contribution is 2.62. The second kappa shape index (κ2) is 8.39. The van der Waals surface area contributed by atoms with Gasteiger partial charge in [-0.2, -0.15) is 0 Å².